The first-order chi connectivity index (χ1) is 20.6. The van der Waals surface area contributed by atoms with Crippen LogP contribution in [0.15, 0.2) is 91.0 Å². The number of rotatable bonds is 5. The molecule has 0 saturated carbocycles. The Balaban J connectivity index is 1.16. The first kappa shape index (κ1) is 27.7. The molecule has 8 rings (SSSR count). The lowest BCUT2D eigenvalue weighted by Gasteiger charge is -2.54. The number of aryl methyl sites for hydroxylation is 1. The van der Waals surface area contributed by atoms with Gasteiger partial charge in [0.1, 0.15) is 27.3 Å². The van der Waals surface area contributed by atoms with Crippen molar-refractivity contribution in [3.8, 4) is 11.5 Å². The van der Waals surface area contributed by atoms with E-state index in [9.17, 15) is 14.4 Å². The van der Waals surface area contributed by atoms with Crippen LogP contribution in [-0.4, -0.2) is 28.7 Å². The maximum Gasteiger partial charge on any atom is 0.247 e. The Morgan fingerprint density at radius 3 is 1.74 bits per heavy atom. The zero-order valence-corrected chi connectivity index (χ0v) is 25.2. The molecule has 0 spiro atoms. The number of hydrogen-bond acceptors (Lipinski definition) is 4. The van der Waals surface area contributed by atoms with Crippen molar-refractivity contribution in [1.29, 1.82) is 0 Å². The van der Waals surface area contributed by atoms with Gasteiger partial charge < -0.3 is 10.1 Å². The van der Waals surface area contributed by atoms with E-state index in [-0.39, 0.29) is 0 Å². The van der Waals surface area contributed by atoms with E-state index < -0.39 is 45.3 Å². The van der Waals surface area contributed by atoms with Crippen molar-refractivity contribution in [1.82, 2.24) is 4.90 Å². The van der Waals surface area contributed by atoms with E-state index in [2.05, 4.69) is 5.32 Å². The van der Waals surface area contributed by atoms with E-state index in [1.807, 2.05) is 80.6 Å². The van der Waals surface area contributed by atoms with Crippen LogP contribution in [0.3, 0.4) is 0 Å². The molecule has 4 aromatic rings. The third-order valence-corrected chi connectivity index (χ3v) is 10.6. The molecular weight excluding hydrogens is 583 g/mol. The Bertz CT molecular complexity index is 1710. The van der Waals surface area contributed by atoms with Crippen molar-refractivity contribution in [2.24, 2.45) is 11.8 Å². The lowest BCUT2D eigenvalue weighted by Crippen LogP contribution is -2.57. The number of halogens is 2. The van der Waals surface area contributed by atoms with Gasteiger partial charge in [0.2, 0.25) is 17.7 Å². The average molecular weight is 612 g/mol. The van der Waals surface area contributed by atoms with Crippen molar-refractivity contribution in [2.45, 2.75) is 36.6 Å². The molecule has 3 amide bonds. The highest BCUT2D eigenvalue weighted by Crippen LogP contribution is 2.69. The lowest BCUT2D eigenvalue weighted by atomic mass is 9.54. The summed E-state index contributed by atoms with van der Waals surface area (Å²) in [4.78, 5) is 40.2. The predicted octanol–water partition coefficient (Wildman–Crippen LogP) is 7.02. The van der Waals surface area contributed by atoms with Crippen molar-refractivity contribution in [3.63, 3.8) is 0 Å². The molecule has 3 atom stereocenters. The second kappa shape index (κ2) is 9.69. The summed E-state index contributed by atoms with van der Waals surface area (Å²) in [6.07, 6.45) is 0. The highest BCUT2D eigenvalue weighted by Gasteiger charge is 2.73. The molecule has 8 heteroatoms. The van der Waals surface area contributed by atoms with E-state index >= 15 is 0 Å². The molecular formula is C35H28Cl2N2O4. The van der Waals surface area contributed by atoms with Crippen LogP contribution in [0, 0.1) is 25.7 Å². The number of carbonyl (C=O) groups excluding carboxylic acids is 3. The van der Waals surface area contributed by atoms with Gasteiger partial charge in [0.05, 0.1) is 11.8 Å². The SMILES string of the molecule is Cc1cccc(Oc2ccc(NC(=O)[C@H](C)N3C(=O)[C@@H]4[C@H](C3=O)C3(Cl)c5ccccc5C4(Cl)c4ccccc43)cc2)c1C. The zero-order chi connectivity index (χ0) is 30.3. The van der Waals surface area contributed by atoms with E-state index in [0.29, 0.717) is 11.4 Å². The maximum absolute atomic E-state index is 14.1. The van der Waals surface area contributed by atoms with Gasteiger partial charge in [-0.15, -0.1) is 23.2 Å². The Hall–Kier alpha value is -4.13. The van der Waals surface area contributed by atoms with Crippen LogP contribution < -0.4 is 10.1 Å². The van der Waals surface area contributed by atoms with Crippen LogP contribution in [0.5, 0.6) is 11.5 Å². The Kier molecular flexibility index (Phi) is 6.24. The first-order valence-electron chi connectivity index (χ1n) is 14.2. The van der Waals surface area contributed by atoms with Crippen LogP contribution in [0.2, 0.25) is 0 Å². The van der Waals surface area contributed by atoms with Crippen LogP contribution >= 0.6 is 23.2 Å². The number of nitrogens with zero attached hydrogens (tertiary/aromatic N) is 1. The zero-order valence-electron chi connectivity index (χ0n) is 23.7. The number of alkyl halides is 2. The molecule has 0 aromatic heterocycles. The van der Waals surface area contributed by atoms with Crippen LogP contribution in [0.1, 0.15) is 40.3 Å². The molecule has 6 nitrogen and oxygen atoms in total. The highest BCUT2D eigenvalue weighted by molar-refractivity contribution is 6.36. The van der Waals surface area contributed by atoms with Gasteiger partial charge in [-0.2, -0.15) is 0 Å². The van der Waals surface area contributed by atoms with E-state index in [0.717, 1.165) is 44.0 Å². The summed E-state index contributed by atoms with van der Waals surface area (Å²) in [7, 11) is 0. The molecule has 4 aliphatic rings. The molecule has 1 saturated heterocycles. The average Bonchev–Trinajstić information content (AvgIpc) is 3.29. The summed E-state index contributed by atoms with van der Waals surface area (Å²) < 4.78 is 6.02. The quantitative estimate of drug-likeness (QED) is 0.195. The highest BCUT2D eigenvalue weighted by atomic mass is 35.5. The molecule has 4 aromatic carbocycles. The summed E-state index contributed by atoms with van der Waals surface area (Å²) in [6.45, 7) is 5.57. The van der Waals surface area contributed by atoms with E-state index in [1.165, 1.54) is 0 Å². The van der Waals surface area contributed by atoms with E-state index in [1.54, 1.807) is 31.2 Å². The Labute approximate surface area is 259 Å². The largest absolute Gasteiger partial charge is 0.457 e. The topological polar surface area (TPSA) is 75.7 Å². The maximum atomic E-state index is 14.1. The van der Waals surface area contributed by atoms with Gasteiger partial charge in [-0.3, -0.25) is 19.3 Å². The molecule has 0 radical (unpaired) electrons. The third kappa shape index (κ3) is 3.76. The summed E-state index contributed by atoms with van der Waals surface area (Å²) >= 11 is 15.0. The molecule has 1 N–H and O–H groups in total. The second-order valence-electron chi connectivity index (χ2n) is 11.5. The van der Waals surface area contributed by atoms with Crippen molar-refractivity contribution < 1.29 is 19.1 Å². The number of anilines is 1. The number of imide groups is 1. The molecule has 216 valence electrons. The monoisotopic (exact) mass is 610 g/mol. The lowest BCUT2D eigenvalue weighted by molar-refractivity contribution is -0.146. The van der Waals surface area contributed by atoms with Crippen molar-refractivity contribution >= 4 is 46.6 Å². The van der Waals surface area contributed by atoms with Crippen LogP contribution in [0.4, 0.5) is 5.69 Å². The molecule has 2 bridgehead atoms. The van der Waals surface area contributed by atoms with Gasteiger partial charge in [0.25, 0.3) is 0 Å². The van der Waals surface area contributed by atoms with Crippen LogP contribution in [-0.2, 0) is 24.1 Å². The number of hydrogen-bond donors (Lipinski definition) is 1. The molecule has 1 fully saturated rings. The fourth-order valence-corrected chi connectivity index (χ4v) is 8.10. The van der Waals surface area contributed by atoms with Gasteiger partial charge in [-0.25, -0.2) is 0 Å². The van der Waals surface area contributed by atoms with Crippen molar-refractivity contribution in [3.05, 3.63) is 124 Å². The van der Waals surface area contributed by atoms with Gasteiger partial charge >= 0.3 is 0 Å². The number of nitrogens with one attached hydrogen (secondary N) is 1. The number of ether oxygens (including phenoxy) is 1. The second-order valence-corrected chi connectivity index (χ2v) is 12.7. The van der Waals surface area contributed by atoms with Gasteiger partial charge in [0.15, 0.2) is 0 Å². The molecule has 3 aliphatic carbocycles. The Morgan fingerprint density at radius 2 is 1.26 bits per heavy atom. The minimum absolute atomic E-state index is 0.501. The Morgan fingerprint density at radius 1 is 0.767 bits per heavy atom. The summed E-state index contributed by atoms with van der Waals surface area (Å²) in [5.74, 6) is -2.05. The smallest absolute Gasteiger partial charge is 0.247 e. The number of carbonyl (C=O) groups is 3. The minimum Gasteiger partial charge on any atom is -0.457 e. The van der Waals surface area contributed by atoms with Crippen LogP contribution in [0.25, 0.3) is 0 Å². The molecule has 1 aliphatic heterocycles. The first-order valence-corrected chi connectivity index (χ1v) is 14.9. The van der Waals surface area contributed by atoms with Crippen molar-refractivity contribution in [2.75, 3.05) is 5.32 Å². The standard InChI is InChI=1S/C35H28Cl2N2O4/c1-19-9-8-14-28(20(19)2)43-23-17-15-22(16-18-23)38-31(40)21(3)39-32(41)29-30(33(39)42)35(37)25-11-5-4-10-24(25)34(29,36)26-12-6-7-13-27(26)35/h4-18,21,29-30H,1-3H3,(H,38,40)/t21-,29-,30+,34?,35?/m0/s1. The predicted molar refractivity (Wildman–Crippen MR) is 166 cm³/mol. The van der Waals surface area contributed by atoms with E-state index in [4.69, 9.17) is 27.9 Å². The number of likely N-dealkylation sites (tertiary alicyclic amines) is 1. The molecule has 43 heavy (non-hydrogen) atoms. The minimum atomic E-state index is -1.29. The number of amides is 3. The fourth-order valence-electron chi connectivity index (χ4n) is 7.00. The summed E-state index contributed by atoms with van der Waals surface area (Å²) in [5, 5.41) is 2.84. The third-order valence-electron chi connectivity index (χ3n) is 9.29. The summed E-state index contributed by atoms with van der Waals surface area (Å²) in [5.41, 5.74) is 5.55. The number of benzene rings is 4. The summed E-state index contributed by atoms with van der Waals surface area (Å²) in [6, 6.07) is 26.6. The molecule has 1 heterocycles. The van der Waals surface area contributed by atoms with Gasteiger partial charge in [-0.05, 0) is 84.5 Å². The van der Waals surface area contributed by atoms with Gasteiger partial charge in [-0.1, -0.05) is 60.7 Å². The normalized spacial score (nSPS) is 25.6. The fraction of sp³-hybridized carbons (Fsp3) is 0.229. The molecule has 0 unspecified atom stereocenters. The van der Waals surface area contributed by atoms with Gasteiger partial charge in [0, 0.05) is 5.69 Å².